The Morgan fingerprint density at radius 2 is 1.60 bits per heavy atom. The molecule has 0 radical (unpaired) electrons. The number of nitrogens with two attached hydrogens (primary N) is 1. The SMILES string of the molecule is Nc1c(-c2ccccc2)nc(Br)c2c(=O)[nH][nH]c(=O)c12. The number of nitrogen functional groups attached to an aromatic ring is 1. The molecule has 0 fully saturated rings. The molecule has 0 unspecified atom stereocenters. The molecule has 0 aliphatic rings. The standard InChI is InChI=1S/C13H9BrN4O2/c14-11-8-7(12(19)17-18-13(8)20)9(15)10(16-11)6-4-2-1-3-5-6/h1-5H,15H2,(H,17,19)(H,18,20). The van der Waals surface area contributed by atoms with Crippen LogP contribution >= 0.6 is 15.9 Å². The number of nitrogens with zero attached hydrogens (tertiary/aromatic N) is 1. The first-order chi connectivity index (χ1) is 9.59. The van der Waals surface area contributed by atoms with Gasteiger partial charge in [0.25, 0.3) is 11.1 Å². The quantitative estimate of drug-likeness (QED) is 0.589. The summed E-state index contributed by atoms with van der Waals surface area (Å²) in [6, 6.07) is 9.22. The summed E-state index contributed by atoms with van der Waals surface area (Å²) in [5.41, 5.74) is 6.53. The average molecular weight is 333 g/mol. The van der Waals surface area contributed by atoms with E-state index in [1.807, 2.05) is 30.3 Å². The van der Waals surface area contributed by atoms with Crippen LogP contribution in [-0.4, -0.2) is 15.2 Å². The van der Waals surface area contributed by atoms with E-state index in [0.717, 1.165) is 5.56 Å². The van der Waals surface area contributed by atoms with Crippen LogP contribution in [0.3, 0.4) is 0 Å². The molecule has 6 nitrogen and oxygen atoms in total. The van der Waals surface area contributed by atoms with Crippen molar-refractivity contribution in [2.75, 3.05) is 5.73 Å². The van der Waals surface area contributed by atoms with Crippen molar-refractivity contribution in [3.05, 3.63) is 55.6 Å². The van der Waals surface area contributed by atoms with Gasteiger partial charge in [-0.1, -0.05) is 30.3 Å². The first kappa shape index (κ1) is 12.6. The van der Waals surface area contributed by atoms with Crippen LogP contribution in [0.5, 0.6) is 0 Å². The molecule has 0 amide bonds. The van der Waals surface area contributed by atoms with Crippen molar-refractivity contribution in [2.24, 2.45) is 0 Å². The van der Waals surface area contributed by atoms with Gasteiger partial charge < -0.3 is 5.73 Å². The van der Waals surface area contributed by atoms with Gasteiger partial charge in [0.05, 0.1) is 22.2 Å². The number of aromatic amines is 2. The van der Waals surface area contributed by atoms with Gasteiger partial charge in [-0.3, -0.25) is 19.8 Å². The van der Waals surface area contributed by atoms with Crippen molar-refractivity contribution in [1.29, 1.82) is 0 Å². The summed E-state index contributed by atoms with van der Waals surface area (Å²) in [4.78, 5) is 28.0. The molecule has 0 aliphatic heterocycles. The van der Waals surface area contributed by atoms with Gasteiger partial charge in [-0.25, -0.2) is 4.98 Å². The predicted molar refractivity (Wildman–Crippen MR) is 80.5 cm³/mol. The van der Waals surface area contributed by atoms with Gasteiger partial charge in [-0.05, 0) is 15.9 Å². The molecule has 0 atom stereocenters. The maximum absolute atomic E-state index is 11.9. The van der Waals surface area contributed by atoms with E-state index in [9.17, 15) is 9.59 Å². The van der Waals surface area contributed by atoms with Gasteiger partial charge >= 0.3 is 0 Å². The number of pyridine rings is 1. The molecular formula is C13H9BrN4O2. The fraction of sp³-hybridized carbons (Fsp3) is 0. The van der Waals surface area contributed by atoms with Gasteiger partial charge in [0.1, 0.15) is 4.60 Å². The van der Waals surface area contributed by atoms with Crippen molar-refractivity contribution in [3.8, 4) is 11.3 Å². The molecule has 0 saturated heterocycles. The Morgan fingerprint density at radius 1 is 1.00 bits per heavy atom. The van der Waals surface area contributed by atoms with Crippen molar-refractivity contribution < 1.29 is 0 Å². The van der Waals surface area contributed by atoms with E-state index in [-0.39, 0.29) is 21.1 Å². The molecule has 0 bridgehead atoms. The Morgan fingerprint density at radius 3 is 2.25 bits per heavy atom. The summed E-state index contributed by atoms with van der Waals surface area (Å²) in [5.74, 6) is 0. The Balaban J connectivity index is 2.50. The topological polar surface area (TPSA) is 105 Å². The number of rotatable bonds is 1. The largest absolute Gasteiger partial charge is 0.396 e. The van der Waals surface area contributed by atoms with E-state index in [0.29, 0.717) is 5.69 Å². The van der Waals surface area contributed by atoms with Crippen LogP contribution in [0, 0.1) is 0 Å². The van der Waals surface area contributed by atoms with Gasteiger partial charge in [0, 0.05) is 5.56 Å². The van der Waals surface area contributed by atoms with Crippen molar-refractivity contribution in [2.45, 2.75) is 0 Å². The Bertz CT molecular complexity index is 915. The minimum Gasteiger partial charge on any atom is -0.396 e. The molecule has 3 rings (SSSR count). The summed E-state index contributed by atoms with van der Waals surface area (Å²) >= 11 is 3.22. The smallest absolute Gasteiger partial charge is 0.273 e. The molecule has 20 heavy (non-hydrogen) atoms. The highest BCUT2D eigenvalue weighted by molar-refractivity contribution is 9.10. The second-order valence-corrected chi connectivity index (χ2v) is 4.94. The Hall–Kier alpha value is -2.41. The minimum absolute atomic E-state index is 0.134. The number of aromatic nitrogens is 3. The normalized spacial score (nSPS) is 10.8. The van der Waals surface area contributed by atoms with Crippen LogP contribution in [0.2, 0.25) is 0 Å². The first-order valence-corrected chi connectivity index (χ1v) is 6.54. The molecule has 7 heteroatoms. The van der Waals surface area contributed by atoms with Crippen LogP contribution < -0.4 is 16.9 Å². The summed E-state index contributed by atoms with van der Waals surface area (Å²) in [6.07, 6.45) is 0. The van der Waals surface area contributed by atoms with E-state index in [4.69, 9.17) is 5.73 Å². The summed E-state index contributed by atoms with van der Waals surface area (Å²) in [6.45, 7) is 0. The minimum atomic E-state index is -0.461. The third kappa shape index (κ3) is 1.83. The zero-order valence-corrected chi connectivity index (χ0v) is 11.7. The monoisotopic (exact) mass is 332 g/mol. The molecule has 0 spiro atoms. The molecule has 3 aromatic rings. The second-order valence-electron chi connectivity index (χ2n) is 4.19. The molecule has 2 heterocycles. The number of halogens is 1. The van der Waals surface area contributed by atoms with Gasteiger partial charge in [-0.2, -0.15) is 0 Å². The van der Waals surface area contributed by atoms with Crippen LogP contribution in [0.25, 0.3) is 22.0 Å². The average Bonchev–Trinajstić information content (AvgIpc) is 2.46. The van der Waals surface area contributed by atoms with Crippen LogP contribution in [0.1, 0.15) is 0 Å². The van der Waals surface area contributed by atoms with Crippen molar-refractivity contribution in [3.63, 3.8) is 0 Å². The van der Waals surface area contributed by atoms with Crippen molar-refractivity contribution in [1.82, 2.24) is 15.2 Å². The Kier molecular flexibility index (Phi) is 2.90. The lowest BCUT2D eigenvalue weighted by molar-refractivity contribution is 0.973. The molecular weight excluding hydrogens is 324 g/mol. The maximum atomic E-state index is 11.9. The highest BCUT2D eigenvalue weighted by atomic mass is 79.9. The molecule has 100 valence electrons. The zero-order valence-electron chi connectivity index (χ0n) is 10.1. The summed E-state index contributed by atoms with van der Waals surface area (Å²) < 4.78 is 0.285. The lowest BCUT2D eigenvalue weighted by Gasteiger charge is -2.09. The lowest BCUT2D eigenvalue weighted by atomic mass is 10.1. The number of hydrogen-bond acceptors (Lipinski definition) is 4. The number of fused-ring (bicyclic) bond motifs is 1. The number of nitrogens with one attached hydrogen (secondary N) is 2. The Labute approximate surface area is 120 Å². The van der Waals surface area contributed by atoms with Crippen molar-refractivity contribution >= 4 is 32.4 Å². The first-order valence-electron chi connectivity index (χ1n) is 5.74. The second kappa shape index (κ2) is 4.61. The number of benzene rings is 1. The van der Waals surface area contributed by atoms with E-state index < -0.39 is 11.1 Å². The molecule has 1 aromatic carbocycles. The summed E-state index contributed by atoms with van der Waals surface area (Å²) in [7, 11) is 0. The van der Waals surface area contributed by atoms with Crippen LogP contribution in [0.4, 0.5) is 5.69 Å². The molecule has 2 aromatic heterocycles. The maximum Gasteiger partial charge on any atom is 0.273 e. The van der Waals surface area contributed by atoms with E-state index >= 15 is 0 Å². The van der Waals surface area contributed by atoms with Crippen LogP contribution in [-0.2, 0) is 0 Å². The zero-order chi connectivity index (χ0) is 14.3. The molecule has 4 N–H and O–H groups in total. The number of H-pyrrole nitrogens is 2. The van der Waals surface area contributed by atoms with Crippen LogP contribution in [0.15, 0.2) is 44.5 Å². The van der Waals surface area contributed by atoms with E-state index in [2.05, 4.69) is 31.1 Å². The van der Waals surface area contributed by atoms with Gasteiger partial charge in [0.2, 0.25) is 0 Å². The fourth-order valence-electron chi connectivity index (χ4n) is 2.07. The number of hydrogen-bond donors (Lipinski definition) is 3. The molecule has 0 aliphatic carbocycles. The molecule has 0 saturated carbocycles. The van der Waals surface area contributed by atoms with E-state index in [1.54, 1.807) is 0 Å². The highest BCUT2D eigenvalue weighted by Gasteiger charge is 2.16. The van der Waals surface area contributed by atoms with E-state index in [1.165, 1.54) is 0 Å². The predicted octanol–water partition coefficient (Wildman–Crippen LogP) is 1.62. The van der Waals surface area contributed by atoms with Gasteiger partial charge in [-0.15, -0.1) is 0 Å². The van der Waals surface area contributed by atoms with Gasteiger partial charge in [0.15, 0.2) is 0 Å². The lowest BCUT2D eigenvalue weighted by Crippen LogP contribution is -2.21. The third-order valence-electron chi connectivity index (χ3n) is 2.98. The number of anilines is 1. The summed E-state index contributed by atoms with van der Waals surface area (Å²) in [5, 5.41) is 4.80. The fourth-order valence-corrected chi connectivity index (χ4v) is 2.62. The highest BCUT2D eigenvalue weighted by Crippen LogP contribution is 2.30. The third-order valence-corrected chi connectivity index (χ3v) is 3.56.